The Morgan fingerprint density at radius 1 is 0.444 bits per heavy atom. The van der Waals surface area contributed by atoms with Crippen LogP contribution in [-0.2, 0) is 5.41 Å². The zero-order valence-corrected chi connectivity index (χ0v) is 39.4. The van der Waals surface area contributed by atoms with Crippen molar-refractivity contribution in [1.82, 2.24) is 4.57 Å². The predicted octanol–water partition coefficient (Wildman–Crippen LogP) is 17.6. The molecule has 0 saturated heterocycles. The summed E-state index contributed by atoms with van der Waals surface area (Å²) >= 11 is 0. The molecule has 1 saturated carbocycles. The summed E-state index contributed by atoms with van der Waals surface area (Å²) in [4.78, 5) is 2.50. The predicted molar refractivity (Wildman–Crippen MR) is 296 cm³/mol. The van der Waals surface area contributed by atoms with E-state index in [1.165, 1.54) is 84.0 Å². The summed E-state index contributed by atoms with van der Waals surface area (Å²) in [7, 11) is 0. The molecule has 11 aromatic carbocycles. The van der Waals surface area contributed by atoms with Crippen molar-refractivity contribution >= 4 is 49.6 Å². The quantitative estimate of drug-likeness (QED) is 0.160. The fourth-order valence-corrected chi connectivity index (χ4v) is 13.1. The van der Waals surface area contributed by atoms with Gasteiger partial charge in [0, 0.05) is 27.5 Å². The molecule has 15 rings (SSSR count). The minimum Gasteiger partial charge on any atom is -0.309 e. The van der Waals surface area contributed by atoms with Crippen LogP contribution in [-0.4, -0.2) is 4.57 Å². The van der Waals surface area contributed by atoms with E-state index in [9.17, 15) is 5.26 Å². The lowest BCUT2D eigenvalue weighted by Crippen LogP contribution is -2.29. The molecule has 2 unspecified atom stereocenters. The third-order valence-corrected chi connectivity index (χ3v) is 16.2. The van der Waals surface area contributed by atoms with Gasteiger partial charge in [-0.05, 0) is 151 Å². The summed E-state index contributed by atoms with van der Waals surface area (Å²) in [6.45, 7) is 0. The molecule has 3 nitrogen and oxygen atoms in total. The van der Waals surface area contributed by atoms with Crippen LogP contribution in [0.3, 0.4) is 0 Å². The van der Waals surface area contributed by atoms with E-state index in [1.54, 1.807) is 0 Å². The molecule has 0 amide bonds. The van der Waals surface area contributed by atoms with Crippen molar-refractivity contribution in [2.45, 2.75) is 23.7 Å². The molecule has 1 heterocycles. The molecular weight excluding hydrogens is 871 g/mol. The number of rotatable bonds is 7. The Balaban J connectivity index is 1.02. The maximum absolute atomic E-state index is 10.0. The van der Waals surface area contributed by atoms with Crippen molar-refractivity contribution in [1.29, 1.82) is 5.26 Å². The van der Waals surface area contributed by atoms with Gasteiger partial charge in [0.2, 0.25) is 0 Å². The fraction of sp³-hybridized carbons (Fsp3) is 0.0580. The van der Waals surface area contributed by atoms with E-state index in [1.807, 2.05) is 18.2 Å². The molecule has 1 aromatic heterocycles. The summed E-state index contributed by atoms with van der Waals surface area (Å²) in [6.07, 6.45) is 1.22. The molecule has 1 fully saturated rings. The van der Waals surface area contributed by atoms with Crippen LogP contribution in [0.2, 0.25) is 0 Å². The number of aromatic nitrogens is 1. The van der Waals surface area contributed by atoms with E-state index in [0.29, 0.717) is 17.4 Å². The fourth-order valence-electron chi connectivity index (χ4n) is 13.1. The summed E-state index contributed by atoms with van der Waals surface area (Å²) in [5.74, 6) is 1.20. The van der Waals surface area contributed by atoms with E-state index in [2.05, 4.69) is 246 Å². The zero-order valence-electron chi connectivity index (χ0n) is 39.4. The van der Waals surface area contributed by atoms with Gasteiger partial charge in [0.25, 0.3) is 0 Å². The van der Waals surface area contributed by atoms with E-state index in [-0.39, 0.29) is 0 Å². The molecule has 2 atom stereocenters. The molecule has 3 aliphatic carbocycles. The molecule has 0 aliphatic heterocycles. The van der Waals surface area contributed by atoms with Crippen molar-refractivity contribution < 1.29 is 0 Å². The number of nitrogens with zero attached hydrogens (tertiary/aromatic N) is 3. The second-order valence-corrected chi connectivity index (χ2v) is 19.8. The molecule has 12 aromatic rings. The Morgan fingerprint density at radius 3 is 1.83 bits per heavy atom. The highest BCUT2D eigenvalue weighted by Gasteiger charge is 2.48. The molecule has 0 radical (unpaired) electrons. The van der Waals surface area contributed by atoms with Crippen LogP contribution < -0.4 is 4.90 Å². The van der Waals surface area contributed by atoms with Crippen molar-refractivity contribution in [2.75, 3.05) is 4.90 Å². The molecule has 0 N–H and O–H groups in total. The SMILES string of the molecule is N#Cc1cccc(-n2c3ccccc3c3c(N(c4ccccc4)c4cc5c(c6ccccc46)-c4ccc(-c6ccc7c(c6)C6CC6c6ccccc6-7)cc4C5(c4ccccc4)c4ccccc4)cccc32)c1. The van der Waals surface area contributed by atoms with Gasteiger partial charge < -0.3 is 9.47 Å². The lowest BCUT2D eigenvalue weighted by molar-refractivity contribution is 0.769. The van der Waals surface area contributed by atoms with Gasteiger partial charge in [-0.2, -0.15) is 5.26 Å². The number of nitriles is 1. The van der Waals surface area contributed by atoms with Gasteiger partial charge in [-0.3, -0.25) is 0 Å². The average molecular weight is 916 g/mol. The minimum atomic E-state index is -0.674. The van der Waals surface area contributed by atoms with Crippen molar-refractivity contribution in [3.63, 3.8) is 0 Å². The van der Waals surface area contributed by atoms with Crippen molar-refractivity contribution in [3.8, 4) is 45.1 Å². The number of hydrogen-bond acceptors (Lipinski definition) is 2. The van der Waals surface area contributed by atoms with Gasteiger partial charge in [0.05, 0.1) is 39.5 Å². The highest BCUT2D eigenvalue weighted by atomic mass is 15.1. The lowest BCUT2D eigenvalue weighted by atomic mass is 9.67. The number of hydrogen-bond donors (Lipinski definition) is 0. The first kappa shape index (κ1) is 40.6. The summed E-state index contributed by atoms with van der Waals surface area (Å²) in [6, 6.07) is 94.2. The van der Waals surface area contributed by atoms with Crippen LogP contribution >= 0.6 is 0 Å². The van der Waals surface area contributed by atoms with Gasteiger partial charge in [-0.1, -0.05) is 188 Å². The van der Waals surface area contributed by atoms with Gasteiger partial charge in [0.1, 0.15) is 0 Å². The van der Waals surface area contributed by atoms with Crippen LogP contribution in [0.15, 0.2) is 249 Å². The molecule has 3 heteroatoms. The van der Waals surface area contributed by atoms with Gasteiger partial charge in [-0.15, -0.1) is 0 Å². The van der Waals surface area contributed by atoms with E-state index in [0.717, 1.165) is 44.6 Å². The Labute approximate surface area is 418 Å². The standard InChI is InChI=1S/C69H45N3/c70-43-44-18-16-25-50(38-44)72-63-31-15-14-30-57(63)68-64(32-17-33-65(68)72)71(49-23-8-3-9-24-49)66-42-62-67(55-29-13-12-28-54(55)66)56-37-35-46(40-61(56)69(62,47-19-4-1-5-20-47)48-21-6-2-7-22-48)45-34-36-53-51-26-10-11-27-52(51)59-41-60(59)58(53)39-45/h1-40,42,59-60H,41H2. The van der Waals surface area contributed by atoms with Crippen LogP contribution in [0.5, 0.6) is 0 Å². The van der Waals surface area contributed by atoms with E-state index in [4.69, 9.17) is 0 Å². The molecule has 72 heavy (non-hydrogen) atoms. The Bertz CT molecular complexity index is 4180. The molecule has 0 spiro atoms. The zero-order chi connectivity index (χ0) is 47.5. The first-order valence-electron chi connectivity index (χ1n) is 25.1. The highest BCUT2D eigenvalue weighted by molar-refractivity contribution is 6.19. The van der Waals surface area contributed by atoms with Crippen LogP contribution in [0.4, 0.5) is 17.1 Å². The molecular formula is C69H45N3. The van der Waals surface area contributed by atoms with Crippen LogP contribution in [0, 0.1) is 11.3 Å². The van der Waals surface area contributed by atoms with Crippen molar-refractivity contribution in [2.24, 2.45) is 0 Å². The topological polar surface area (TPSA) is 32.0 Å². The number of benzene rings is 11. The first-order valence-corrected chi connectivity index (χ1v) is 25.1. The number of fused-ring (bicyclic) bond motifs is 14. The lowest BCUT2D eigenvalue weighted by Gasteiger charge is -2.35. The second kappa shape index (κ2) is 15.6. The Kier molecular flexibility index (Phi) is 8.83. The largest absolute Gasteiger partial charge is 0.309 e. The smallest absolute Gasteiger partial charge is 0.0992 e. The summed E-state index contributed by atoms with van der Waals surface area (Å²) < 4.78 is 2.31. The third-order valence-electron chi connectivity index (χ3n) is 16.2. The Morgan fingerprint density at radius 2 is 1.06 bits per heavy atom. The summed E-state index contributed by atoms with van der Waals surface area (Å²) in [5, 5.41) is 14.7. The molecule has 3 aliphatic rings. The number of anilines is 3. The average Bonchev–Trinajstić information content (AvgIpc) is 4.12. The maximum Gasteiger partial charge on any atom is 0.0992 e. The normalized spacial score (nSPS) is 15.5. The summed E-state index contributed by atoms with van der Waals surface area (Å²) in [5.41, 5.74) is 22.1. The van der Waals surface area contributed by atoms with Crippen molar-refractivity contribution in [3.05, 3.63) is 288 Å². The van der Waals surface area contributed by atoms with Crippen LogP contribution in [0.1, 0.15) is 57.2 Å². The molecule has 0 bridgehead atoms. The van der Waals surface area contributed by atoms with E-state index >= 15 is 0 Å². The van der Waals surface area contributed by atoms with Gasteiger partial charge in [-0.25, -0.2) is 0 Å². The third kappa shape index (κ3) is 5.78. The monoisotopic (exact) mass is 915 g/mol. The van der Waals surface area contributed by atoms with Crippen LogP contribution in [0.25, 0.3) is 71.6 Å². The Hall–Kier alpha value is -9.23. The van der Waals surface area contributed by atoms with E-state index < -0.39 is 5.41 Å². The highest BCUT2D eigenvalue weighted by Crippen LogP contribution is 2.64. The van der Waals surface area contributed by atoms with Gasteiger partial charge in [0.15, 0.2) is 0 Å². The number of para-hydroxylation sites is 2. The molecule has 336 valence electrons. The maximum atomic E-state index is 10.0. The second-order valence-electron chi connectivity index (χ2n) is 19.8. The minimum absolute atomic E-state index is 0.579. The van der Waals surface area contributed by atoms with Gasteiger partial charge >= 0.3 is 0 Å². The first-order chi connectivity index (χ1) is 35.7.